The van der Waals surface area contributed by atoms with Crippen molar-refractivity contribution < 1.29 is 18.0 Å². The average molecular weight is 343 g/mol. The average Bonchev–Trinajstić information content (AvgIpc) is 2.98. The van der Waals surface area contributed by atoms with E-state index in [2.05, 4.69) is 11.8 Å². The van der Waals surface area contributed by atoms with Gasteiger partial charge < -0.3 is 0 Å². The molecule has 0 aliphatic heterocycles. The van der Waals surface area contributed by atoms with Crippen LogP contribution in [0.4, 0.5) is 13.2 Å². The van der Waals surface area contributed by atoms with Crippen LogP contribution in [0.2, 0.25) is 5.02 Å². The van der Waals surface area contributed by atoms with Gasteiger partial charge in [-0.2, -0.15) is 13.2 Å². The fourth-order valence-corrected chi connectivity index (χ4v) is 2.48. The molecule has 1 aromatic heterocycles. The molecule has 0 saturated heterocycles. The van der Waals surface area contributed by atoms with Crippen molar-refractivity contribution in [1.29, 1.82) is 0 Å². The first-order chi connectivity index (χ1) is 10.4. The second-order valence-corrected chi connectivity index (χ2v) is 5.86. The van der Waals surface area contributed by atoms with Crippen molar-refractivity contribution >= 4 is 28.7 Å². The SMILES string of the molecule is O=C(C[C@@H](C#Cc1ccc(Cl)cc1)C(F)(F)F)c1cccs1. The maximum atomic E-state index is 13.0. The molecule has 6 heteroatoms. The van der Waals surface area contributed by atoms with Gasteiger partial charge in [-0.15, -0.1) is 11.3 Å². The van der Waals surface area contributed by atoms with E-state index in [0.29, 0.717) is 15.5 Å². The van der Waals surface area contributed by atoms with Crippen molar-refractivity contribution in [3.63, 3.8) is 0 Å². The highest BCUT2D eigenvalue weighted by molar-refractivity contribution is 7.12. The van der Waals surface area contributed by atoms with E-state index >= 15 is 0 Å². The van der Waals surface area contributed by atoms with Gasteiger partial charge in [0.1, 0.15) is 5.92 Å². The third kappa shape index (κ3) is 4.62. The third-order valence-corrected chi connectivity index (χ3v) is 3.98. The largest absolute Gasteiger partial charge is 0.402 e. The van der Waals surface area contributed by atoms with Gasteiger partial charge in [0.2, 0.25) is 0 Å². The van der Waals surface area contributed by atoms with E-state index in [1.54, 1.807) is 23.6 Å². The predicted molar refractivity (Wildman–Crippen MR) is 81.1 cm³/mol. The molecule has 0 unspecified atom stereocenters. The fourth-order valence-electron chi connectivity index (χ4n) is 1.68. The van der Waals surface area contributed by atoms with Crippen LogP contribution in [0.5, 0.6) is 0 Å². The van der Waals surface area contributed by atoms with Crippen molar-refractivity contribution in [2.45, 2.75) is 12.6 Å². The van der Waals surface area contributed by atoms with Gasteiger partial charge in [0.05, 0.1) is 4.88 Å². The molecule has 22 heavy (non-hydrogen) atoms. The maximum absolute atomic E-state index is 13.0. The summed E-state index contributed by atoms with van der Waals surface area (Å²) < 4.78 is 39.0. The first kappa shape index (κ1) is 16.6. The molecule has 1 aromatic carbocycles. The number of hydrogen-bond acceptors (Lipinski definition) is 2. The summed E-state index contributed by atoms with van der Waals surface area (Å²) in [5.74, 6) is 2.06. The van der Waals surface area contributed by atoms with Gasteiger partial charge >= 0.3 is 6.18 Å². The Morgan fingerprint density at radius 2 is 1.91 bits per heavy atom. The number of hydrogen-bond donors (Lipinski definition) is 0. The molecule has 0 amide bonds. The van der Waals surface area contributed by atoms with Crippen LogP contribution in [0.25, 0.3) is 0 Å². The van der Waals surface area contributed by atoms with Crippen molar-refractivity contribution in [2.24, 2.45) is 5.92 Å². The Bertz CT molecular complexity index is 694. The molecule has 0 aliphatic carbocycles. The van der Waals surface area contributed by atoms with E-state index in [1.807, 2.05) is 0 Å². The molecule has 0 N–H and O–H groups in total. The minimum atomic E-state index is -4.55. The molecule has 0 spiro atoms. The molecule has 0 bridgehead atoms. The van der Waals surface area contributed by atoms with E-state index in [4.69, 9.17) is 11.6 Å². The smallest absolute Gasteiger partial charge is 0.293 e. The summed E-state index contributed by atoms with van der Waals surface area (Å²) in [7, 11) is 0. The number of halogens is 4. The van der Waals surface area contributed by atoms with Crippen molar-refractivity contribution in [2.75, 3.05) is 0 Å². The monoisotopic (exact) mass is 342 g/mol. The fraction of sp³-hybridized carbons (Fsp3) is 0.188. The van der Waals surface area contributed by atoms with E-state index in [9.17, 15) is 18.0 Å². The molecule has 0 saturated carbocycles. The van der Waals surface area contributed by atoms with Crippen LogP contribution in [0.1, 0.15) is 21.7 Å². The Morgan fingerprint density at radius 1 is 1.23 bits per heavy atom. The molecule has 2 aromatic rings. The third-order valence-electron chi connectivity index (χ3n) is 2.82. The normalized spacial score (nSPS) is 12.4. The molecular weight excluding hydrogens is 333 g/mol. The quantitative estimate of drug-likeness (QED) is 0.553. The van der Waals surface area contributed by atoms with Crippen LogP contribution in [-0.4, -0.2) is 12.0 Å². The van der Waals surface area contributed by atoms with E-state index in [0.717, 1.165) is 11.3 Å². The van der Waals surface area contributed by atoms with Crippen LogP contribution in [0.3, 0.4) is 0 Å². The zero-order chi connectivity index (χ0) is 16.2. The summed E-state index contributed by atoms with van der Waals surface area (Å²) >= 11 is 6.82. The van der Waals surface area contributed by atoms with Gasteiger partial charge in [-0.1, -0.05) is 29.5 Å². The molecule has 2 rings (SSSR count). The van der Waals surface area contributed by atoms with Crippen molar-refractivity contribution in [1.82, 2.24) is 0 Å². The van der Waals surface area contributed by atoms with Crippen LogP contribution in [0, 0.1) is 17.8 Å². The second kappa shape index (κ2) is 6.99. The van der Waals surface area contributed by atoms with Gasteiger partial charge in [0, 0.05) is 17.0 Å². The summed E-state index contributed by atoms with van der Waals surface area (Å²) in [6, 6.07) is 9.29. The Hall–Kier alpha value is -1.77. The van der Waals surface area contributed by atoms with Gasteiger partial charge in [-0.3, -0.25) is 4.79 Å². The number of rotatable bonds is 3. The van der Waals surface area contributed by atoms with Crippen LogP contribution >= 0.6 is 22.9 Å². The number of ketones is 1. The lowest BCUT2D eigenvalue weighted by Gasteiger charge is -2.13. The molecule has 0 fully saturated rings. The van der Waals surface area contributed by atoms with Crippen LogP contribution < -0.4 is 0 Å². The summed E-state index contributed by atoms with van der Waals surface area (Å²) in [4.78, 5) is 12.2. The lowest BCUT2D eigenvalue weighted by molar-refractivity contribution is -0.157. The number of alkyl halides is 3. The minimum Gasteiger partial charge on any atom is -0.293 e. The molecule has 1 nitrogen and oxygen atoms in total. The highest BCUT2D eigenvalue weighted by Crippen LogP contribution is 2.30. The second-order valence-electron chi connectivity index (χ2n) is 4.48. The lowest BCUT2D eigenvalue weighted by atomic mass is 10.0. The number of carbonyl (C=O) groups excluding carboxylic acids is 1. The number of carbonyl (C=O) groups is 1. The van der Waals surface area contributed by atoms with Gasteiger partial charge in [0.15, 0.2) is 5.78 Å². The number of Topliss-reactive ketones (excluding diaryl/α,β-unsaturated/α-hetero) is 1. The van der Waals surface area contributed by atoms with E-state index in [-0.39, 0.29) is 0 Å². The molecule has 0 aliphatic rings. The molecule has 0 radical (unpaired) electrons. The summed E-state index contributed by atoms with van der Waals surface area (Å²) in [6.07, 6.45) is -5.23. The van der Waals surface area contributed by atoms with Gasteiger partial charge in [-0.25, -0.2) is 0 Å². The summed E-state index contributed by atoms with van der Waals surface area (Å²) in [5.41, 5.74) is 0.419. The maximum Gasteiger partial charge on any atom is 0.402 e. The van der Waals surface area contributed by atoms with E-state index in [1.165, 1.54) is 18.2 Å². The molecule has 1 atom stereocenters. The van der Waals surface area contributed by atoms with Crippen LogP contribution in [-0.2, 0) is 0 Å². The Labute approximate surface area is 134 Å². The van der Waals surface area contributed by atoms with E-state index < -0.39 is 24.3 Å². The number of thiophene rings is 1. The van der Waals surface area contributed by atoms with Crippen molar-refractivity contribution in [3.05, 3.63) is 57.2 Å². The highest BCUT2D eigenvalue weighted by atomic mass is 35.5. The standard InChI is InChI=1S/C16H10ClF3OS/c17-13-7-4-11(5-8-13)3-6-12(16(18,19)20)10-14(21)15-2-1-9-22-15/h1-2,4-5,7-9,12H,10H2/t12-/m1/s1. The predicted octanol–water partition coefficient (Wildman–Crippen LogP) is 5.20. The zero-order valence-electron chi connectivity index (χ0n) is 11.2. The summed E-state index contributed by atoms with van der Waals surface area (Å²) in [5, 5.41) is 2.13. The van der Waals surface area contributed by atoms with Crippen LogP contribution in [0.15, 0.2) is 41.8 Å². The number of benzene rings is 1. The van der Waals surface area contributed by atoms with Crippen molar-refractivity contribution in [3.8, 4) is 11.8 Å². The Morgan fingerprint density at radius 3 is 2.45 bits per heavy atom. The first-order valence-corrected chi connectivity index (χ1v) is 7.52. The topological polar surface area (TPSA) is 17.1 Å². The van der Waals surface area contributed by atoms with Gasteiger partial charge in [-0.05, 0) is 35.7 Å². The zero-order valence-corrected chi connectivity index (χ0v) is 12.7. The first-order valence-electron chi connectivity index (χ1n) is 6.27. The molecule has 1 heterocycles. The molecular formula is C16H10ClF3OS. The summed E-state index contributed by atoms with van der Waals surface area (Å²) in [6.45, 7) is 0. The Kier molecular flexibility index (Phi) is 5.28. The Balaban J connectivity index is 2.17. The minimum absolute atomic E-state index is 0.308. The highest BCUT2D eigenvalue weighted by Gasteiger charge is 2.40. The lowest BCUT2D eigenvalue weighted by Crippen LogP contribution is -2.24. The molecule has 114 valence electrons. The van der Waals surface area contributed by atoms with Gasteiger partial charge in [0.25, 0.3) is 0 Å².